The van der Waals surface area contributed by atoms with Crippen LogP contribution in [0.3, 0.4) is 0 Å². The van der Waals surface area contributed by atoms with Crippen molar-refractivity contribution in [2.75, 3.05) is 5.73 Å². The number of nitrogen functional groups attached to an aromatic ring is 1. The standard InChI is InChI=1S/C12H13N2S/c1-8-6-11(13)9(2)5-10(8)7-12-14-3-4-15-12/h4-6H,7,13H2,1-2H3. The summed E-state index contributed by atoms with van der Waals surface area (Å²) >= 11 is 1.64. The molecule has 0 aliphatic heterocycles. The van der Waals surface area contributed by atoms with Crippen molar-refractivity contribution in [3.8, 4) is 0 Å². The first-order chi connectivity index (χ1) is 7.16. The van der Waals surface area contributed by atoms with Crippen LogP contribution in [0, 0.1) is 20.0 Å². The Kier molecular flexibility index (Phi) is 2.73. The van der Waals surface area contributed by atoms with Crippen LogP contribution in [0.15, 0.2) is 17.5 Å². The Hall–Kier alpha value is -1.35. The summed E-state index contributed by atoms with van der Waals surface area (Å²) in [6.07, 6.45) is 3.72. The molecule has 0 bridgehead atoms. The van der Waals surface area contributed by atoms with Crippen molar-refractivity contribution in [2.24, 2.45) is 0 Å². The fraction of sp³-hybridized carbons (Fsp3) is 0.250. The number of rotatable bonds is 2. The number of anilines is 1. The van der Waals surface area contributed by atoms with E-state index in [9.17, 15) is 0 Å². The molecular formula is C12H13N2S. The molecule has 2 aromatic rings. The van der Waals surface area contributed by atoms with Crippen molar-refractivity contribution in [1.82, 2.24) is 4.98 Å². The lowest BCUT2D eigenvalue weighted by Gasteiger charge is -2.08. The molecule has 0 fully saturated rings. The Morgan fingerprint density at radius 1 is 1.33 bits per heavy atom. The summed E-state index contributed by atoms with van der Waals surface area (Å²) in [5.74, 6) is 0. The van der Waals surface area contributed by atoms with Gasteiger partial charge in [0, 0.05) is 17.5 Å². The number of aromatic nitrogens is 1. The highest BCUT2D eigenvalue weighted by Crippen LogP contribution is 2.21. The summed E-state index contributed by atoms with van der Waals surface area (Å²) < 4.78 is 0. The molecule has 3 heteroatoms. The minimum atomic E-state index is 0.863. The van der Waals surface area contributed by atoms with E-state index in [4.69, 9.17) is 5.73 Å². The van der Waals surface area contributed by atoms with E-state index in [0.717, 1.165) is 22.7 Å². The van der Waals surface area contributed by atoms with Gasteiger partial charge < -0.3 is 5.73 Å². The molecule has 2 rings (SSSR count). The molecule has 0 saturated heterocycles. The lowest BCUT2D eigenvalue weighted by molar-refractivity contribution is 1.10. The second-order valence-corrected chi connectivity index (χ2v) is 4.63. The van der Waals surface area contributed by atoms with Gasteiger partial charge in [-0.15, -0.1) is 11.3 Å². The van der Waals surface area contributed by atoms with Crippen LogP contribution in [-0.4, -0.2) is 4.98 Å². The van der Waals surface area contributed by atoms with Crippen LogP contribution < -0.4 is 5.73 Å². The molecule has 0 saturated carbocycles. The van der Waals surface area contributed by atoms with Crippen molar-refractivity contribution in [3.05, 3.63) is 45.4 Å². The Bertz CT molecular complexity index is 461. The largest absolute Gasteiger partial charge is 0.399 e. The van der Waals surface area contributed by atoms with Crippen LogP contribution >= 0.6 is 11.3 Å². The Balaban J connectivity index is 2.33. The summed E-state index contributed by atoms with van der Waals surface area (Å²) in [5, 5.41) is 2.98. The van der Waals surface area contributed by atoms with Gasteiger partial charge in [-0.1, -0.05) is 6.07 Å². The van der Waals surface area contributed by atoms with E-state index >= 15 is 0 Å². The third-order valence-electron chi connectivity index (χ3n) is 2.50. The highest BCUT2D eigenvalue weighted by atomic mass is 32.1. The van der Waals surface area contributed by atoms with Crippen LogP contribution in [-0.2, 0) is 6.42 Å². The predicted octanol–water partition coefficient (Wildman–Crippen LogP) is 2.73. The van der Waals surface area contributed by atoms with E-state index in [1.165, 1.54) is 11.1 Å². The van der Waals surface area contributed by atoms with Crippen LogP contribution in [0.1, 0.15) is 21.7 Å². The van der Waals surface area contributed by atoms with E-state index in [1.54, 1.807) is 11.3 Å². The van der Waals surface area contributed by atoms with Crippen molar-refractivity contribution in [3.63, 3.8) is 0 Å². The fourth-order valence-electron chi connectivity index (χ4n) is 1.55. The normalized spacial score (nSPS) is 10.5. The molecular weight excluding hydrogens is 204 g/mol. The maximum Gasteiger partial charge on any atom is 0.101 e. The SMILES string of the molecule is Cc1cc(Cc2n[c]cs2)c(C)cc1N. The van der Waals surface area contributed by atoms with Gasteiger partial charge in [-0.25, -0.2) is 4.98 Å². The molecule has 1 aromatic heterocycles. The molecule has 1 heterocycles. The number of nitrogens with two attached hydrogens (primary N) is 1. The molecule has 0 spiro atoms. The average Bonchev–Trinajstić information content (AvgIpc) is 2.67. The van der Waals surface area contributed by atoms with E-state index in [1.807, 2.05) is 18.4 Å². The van der Waals surface area contributed by atoms with Crippen molar-refractivity contribution < 1.29 is 0 Å². The second kappa shape index (κ2) is 4.03. The number of thiazole rings is 1. The van der Waals surface area contributed by atoms with E-state index in [0.29, 0.717) is 0 Å². The molecule has 1 radical (unpaired) electrons. The summed E-state index contributed by atoms with van der Waals surface area (Å²) in [7, 11) is 0. The maximum atomic E-state index is 5.84. The van der Waals surface area contributed by atoms with Crippen LogP contribution in [0.5, 0.6) is 0 Å². The second-order valence-electron chi connectivity index (χ2n) is 3.68. The number of hydrogen-bond donors (Lipinski definition) is 1. The molecule has 1 aromatic carbocycles. The Morgan fingerprint density at radius 2 is 2.13 bits per heavy atom. The molecule has 77 valence electrons. The smallest absolute Gasteiger partial charge is 0.101 e. The molecule has 0 aliphatic rings. The number of benzene rings is 1. The fourth-order valence-corrected chi connectivity index (χ4v) is 2.14. The minimum Gasteiger partial charge on any atom is -0.399 e. The van der Waals surface area contributed by atoms with Crippen molar-refractivity contribution in [1.29, 1.82) is 0 Å². The van der Waals surface area contributed by atoms with Crippen LogP contribution in [0.2, 0.25) is 0 Å². The van der Waals surface area contributed by atoms with Crippen molar-refractivity contribution >= 4 is 17.0 Å². The van der Waals surface area contributed by atoms with E-state index < -0.39 is 0 Å². The molecule has 0 amide bonds. The first-order valence-electron chi connectivity index (χ1n) is 4.83. The first-order valence-corrected chi connectivity index (χ1v) is 5.71. The molecule has 0 unspecified atom stereocenters. The maximum absolute atomic E-state index is 5.84. The van der Waals surface area contributed by atoms with Gasteiger partial charge in [-0.3, -0.25) is 0 Å². The summed E-state index contributed by atoms with van der Waals surface area (Å²) in [6.45, 7) is 4.12. The predicted molar refractivity (Wildman–Crippen MR) is 64.1 cm³/mol. The van der Waals surface area contributed by atoms with E-state index in [2.05, 4.69) is 24.2 Å². The highest BCUT2D eigenvalue weighted by Gasteiger charge is 2.04. The first kappa shape index (κ1) is 10.2. The third-order valence-corrected chi connectivity index (χ3v) is 3.23. The van der Waals surface area contributed by atoms with Crippen LogP contribution in [0.25, 0.3) is 0 Å². The molecule has 2 N–H and O–H groups in total. The van der Waals surface area contributed by atoms with Crippen LogP contribution in [0.4, 0.5) is 5.69 Å². The van der Waals surface area contributed by atoms with Gasteiger partial charge in [-0.05, 0) is 36.6 Å². The number of hydrogen-bond acceptors (Lipinski definition) is 3. The zero-order valence-corrected chi connectivity index (χ0v) is 9.69. The summed E-state index contributed by atoms with van der Waals surface area (Å²) in [5.41, 5.74) is 10.4. The average molecular weight is 217 g/mol. The van der Waals surface area contributed by atoms with Gasteiger partial charge in [0.25, 0.3) is 0 Å². The van der Waals surface area contributed by atoms with Gasteiger partial charge >= 0.3 is 0 Å². The number of aryl methyl sites for hydroxylation is 2. The summed E-state index contributed by atoms with van der Waals surface area (Å²) in [6, 6.07) is 4.17. The molecule has 2 nitrogen and oxygen atoms in total. The monoisotopic (exact) mass is 217 g/mol. The van der Waals surface area contributed by atoms with Gasteiger partial charge in [0.05, 0.1) is 5.01 Å². The molecule has 0 atom stereocenters. The quantitative estimate of drug-likeness (QED) is 0.785. The summed E-state index contributed by atoms with van der Waals surface area (Å²) in [4.78, 5) is 4.17. The zero-order valence-electron chi connectivity index (χ0n) is 8.87. The lowest BCUT2D eigenvalue weighted by atomic mass is 10.0. The Morgan fingerprint density at radius 3 is 2.80 bits per heavy atom. The minimum absolute atomic E-state index is 0.863. The molecule has 15 heavy (non-hydrogen) atoms. The van der Waals surface area contributed by atoms with Gasteiger partial charge in [-0.2, -0.15) is 0 Å². The van der Waals surface area contributed by atoms with Gasteiger partial charge in [0.1, 0.15) is 6.20 Å². The lowest BCUT2D eigenvalue weighted by Crippen LogP contribution is -1.96. The van der Waals surface area contributed by atoms with Gasteiger partial charge in [0.2, 0.25) is 0 Å². The van der Waals surface area contributed by atoms with Gasteiger partial charge in [0.15, 0.2) is 0 Å². The third kappa shape index (κ3) is 2.18. The highest BCUT2D eigenvalue weighted by molar-refractivity contribution is 7.09. The topological polar surface area (TPSA) is 38.9 Å². The molecule has 0 aliphatic carbocycles. The zero-order chi connectivity index (χ0) is 10.8. The van der Waals surface area contributed by atoms with Crippen molar-refractivity contribution in [2.45, 2.75) is 20.3 Å². The Labute approximate surface area is 93.8 Å². The number of nitrogens with zero attached hydrogens (tertiary/aromatic N) is 1. The van der Waals surface area contributed by atoms with E-state index in [-0.39, 0.29) is 0 Å².